The van der Waals surface area contributed by atoms with Gasteiger partial charge in [-0.15, -0.1) is 22.7 Å². The Morgan fingerprint density at radius 1 is 1.65 bits per heavy atom. The van der Waals surface area contributed by atoms with Crippen LogP contribution in [0.4, 0.5) is 0 Å². The molecule has 0 bridgehead atoms. The maximum Gasteiger partial charge on any atom is 0.347 e. The molecule has 2 heterocycles. The second kappa shape index (κ2) is 5.26. The summed E-state index contributed by atoms with van der Waals surface area (Å²) in [4.78, 5) is 16.6. The average molecular weight is 334 g/mol. The molecule has 17 heavy (non-hydrogen) atoms. The van der Waals surface area contributed by atoms with Crippen molar-refractivity contribution in [1.82, 2.24) is 4.98 Å². The molecule has 0 radical (unpaired) electrons. The Balaban J connectivity index is 2.43. The van der Waals surface area contributed by atoms with Gasteiger partial charge in [0.15, 0.2) is 0 Å². The van der Waals surface area contributed by atoms with Gasteiger partial charge in [0.25, 0.3) is 0 Å². The Bertz CT molecular complexity index is 549. The molecular formula is C10H8BrNO3S2. The van der Waals surface area contributed by atoms with Crippen molar-refractivity contribution in [3.05, 3.63) is 26.5 Å². The molecule has 0 aliphatic carbocycles. The highest BCUT2D eigenvalue weighted by Gasteiger charge is 2.18. The number of thiazole rings is 1. The van der Waals surface area contributed by atoms with E-state index in [1.807, 2.05) is 11.4 Å². The van der Waals surface area contributed by atoms with E-state index in [0.717, 1.165) is 9.35 Å². The Labute approximate surface area is 114 Å². The SMILES string of the molecule is COCc1nc(-c2cc(Br)cs2)sc1C(=O)O. The maximum absolute atomic E-state index is 11.1. The van der Waals surface area contributed by atoms with Crippen LogP contribution in [0.1, 0.15) is 15.4 Å². The van der Waals surface area contributed by atoms with E-state index in [4.69, 9.17) is 9.84 Å². The smallest absolute Gasteiger partial charge is 0.347 e. The topological polar surface area (TPSA) is 59.4 Å². The molecule has 90 valence electrons. The lowest BCUT2D eigenvalue weighted by atomic mass is 10.4. The van der Waals surface area contributed by atoms with Gasteiger partial charge in [0.2, 0.25) is 0 Å². The number of carbonyl (C=O) groups is 1. The molecule has 0 spiro atoms. The summed E-state index contributed by atoms with van der Waals surface area (Å²) in [5.74, 6) is -0.962. The van der Waals surface area contributed by atoms with Crippen LogP contribution in [-0.2, 0) is 11.3 Å². The summed E-state index contributed by atoms with van der Waals surface area (Å²) in [6, 6.07) is 1.92. The Morgan fingerprint density at radius 2 is 2.41 bits per heavy atom. The van der Waals surface area contributed by atoms with Crippen LogP contribution < -0.4 is 0 Å². The van der Waals surface area contributed by atoms with Crippen molar-refractivity contribution in [2.45, 2.75) is 6.61 Å². The third-order valence-corrected chi connectivity index (χ3v) is 4.90. The lowest BCUT2D eigenvalue weighted by molar-refractivity contribution is 0.0697. The zero-order chi connectivity index (χ0) is 12.4. The first kappa shape index (κ1) is 12.7. The predicted octanol–water partition coefficient (Wildman–Crippen LogP) is 3.48. The van der Waals surface area contributed by atoms with Crippen molar-refractivity contribution >= 4 is 44.6 Å². The molecule has 0 fully saturated rings. The quantitative estimate of drug-likeness (QED) is 0.930. The van der Waals surface area contributed by atoms with E-state index in [0.29, 0.717) is 10.7 Å². The summed E-state index contributed by atoms with van der Waals surface area (Å²) in [6.45, 7) is 0.213. The molecule has 0 saturated heterocycles. The van der Waals surface area contributed by atoms with Crippen molar-refractivity contribution < 1.29 is 14.6 Å². The zero-order valence-electron chi connectivity index (χ0n) is 8.77. The highest BCUT2D eigenvalue weighted by Crippen LogP contribution is 2.34. The normalized spacial score (nSPS) is 10.7. The maximum atomic E-state index is 11.1. The number of halogens is 1. The minimum Gasteiger partial charge on any atom is -0.477 e. The molecule has 7 heteroatoms. The lowest BCUT2D eigenvalue weighted by Crippen LogP contribution is -1.99. The lowest BCUT2D eigenvalue weighted by Gasteiger charge is -1.94. The Hall–Kier alpha value is -0.760. The summed E-state index contributed by atoms with van der Waals surface area (Å²) in [5, 5.41) is 11.7. The average Bonchev–Trinajstić information content (AvgIpc) is 2.85. The predicted molar refractivity (Wildman–Crippen MR) is 70.8 cm³/mol. The van der Waals surface area contributed by atoms with Crippen molar-refractivity contribution in [3.63, 3.8) is 0 Å². The number of carboxylic acid groups (broad SMARTS) is 1. The van der Waals surface area contributed by atoms with Crippen LogP contribution in [0.15, 0.2) is 15.9 Å². The van der Waals surface area contributed by atoms with Crippen molar-refractivity contribution in [2.75, 3.05) is 7.11 Å². The van der Waals surface area contributed by atoms with E-state index in [9.17, 15) is 4.79 Å². The Kier molecular flexibility index (Phi) is 3.93. The summed E-state index contributed by atoms with van der Waals surface area (Å²) >= 11 is 6.06. The van der Waals surface area contributed by atoms with Crippen LogP contribution in [0, 0.1) is 0 Å². The van der Waals surface area contributed by atoms with Crippen molar-refractivity contribution in [1.29, 1.82) is 0 Å². The van der Waals surface area contributed by atoms with Crippen LogP contribution in [0.2, 0.25) is 0 Å². The van der Waals surface area contributed by atoms with Gasteiger partial charge in [-0.05, 0) is 22.0 Å². The summed E-state index contributed by atoms with van der Waals surface area (Å²) in [5.41, 5.74) is 0.476. The third-order valence-electron chi connectivity index (χ3n) is 1.95. The number of nitrogens with zero attached hydrogens (tertiary/aromatic N) is 1. The van der Waals surface area contributed by atoms with Gasteiger partial charge in [0.05, 0.1) is 17.2 Å². The van der Waals surface area contributed by atoms with Gasteiger partial charge in [-0.1, -0.05) is 0 Å². The number of hydrogen-bond donors (Lipinski definition) is 1. The minimum atomic E-state index is -0.962. The molecule has 1 N–H and O–H groups in total. The highest BCUT2D eigenvalue weighted by atomic mass is 79.9. The first-order valence-electron chi connectivity index (χ1n) is 4.58. The molecule has 0 aliphatic heterocycles. The minimum absolute atomic E-state index is 0.213. The first-order chi connectivity index (χ1) is 8.11. The largest absolute Gasteiger partial charge is 0.477 e. The van der Waals surface area contributed by atoms with Gasteiger partial charge >= 0.3 is 5.97 Å². The van der Waals surface area contributed by atoms with Crippen LogP contribution in [0.25, 0.3) is 9.88 Å². The number of thiophene rings is 1. The Morgan fingerprint density at radius 3 is 2.94 bits per heavy atom. The van der Waals surface area contributed by atoms with Gasteiger partial charge < -0.3 is 9.84 Å². The van der Waals surface area contributed by atoms with Crippen LogP contribution in [0.3, 0.4) is 0 Å². The van der Waals surface area contributed by atoms with E-state index in [2.05, 4.69) is 20.9 Å². The molecule has 2 rings (SSSR count). The third kappa shape index (κ3) is 2.74. The summed E-state index contributed by atoms with van der Waals surface area (Å²) in [6.07, 6.45) is 0. The van der Waals surface area contributed by atoms with Gasteiger partial charge in [0, 0.05) is 17.0 Å². The fourth-order valence-corrected chi connectivity index (χ4v) is 3.68. The number of aromatic nitrogens is 1. The summed E-state index contributed by atoms with van der Waals surface area (Å²) in [7, 11) is 1.52. The first-order valence-corrected chi connectivity index (χ1v) is 7.07. The summed E-state index contributed by atoms with van der Waals surface area (Å²) < 4.78 is 5.92. The van der Waals surface area contributed by atoms with E-state index in [1.165, 1.54) is 29.8 Å². The van der Waals surface area contributed by atoms with Crippen LogP contribution in [-0.4, -0.2) is 23.2 Å². The highest BCUT2D eigenvalue weighted by molar-refractivity contribution is 9.10. The van der Waals surface area contributed by atoms with E-state index in [-0.39, 0.29) is 11.5 Å². The number of methoxy groups -OCH3 is 1. The van der Waals surface area contributed by atoms with Crippen LogP contribution >= 0.6 is 38.6 Å². The van der Waals surface area contributed by atoms with E-state index >= 15 is 0 Å². The molecule has 0 saturated carbocycles. The fraction of sp³-hybridized carbons (Fsp3) is 0.200. The van der Waals surface area contributed by atoms with Gasteiger partial charge in [-0.25, -0.2) is 9.78 Å². The number of aromatic carboxylic acids is 1. The molecule has 4 nitrogen and oxygen atoms in total. The van der Waals surface area contributed by atoms with E-state index < -0.39 is 5.97 Å². The second-order valence-electron chi connectivity index (χ2n) is 3.16. The number of rotatable bonds is 4. The zero-order valence-corrected chi connectivity index (χ0v) is 12.0. The molecule has 0 aromatic carbocycles. The molecule has 0 atom stereocenters. The van der Waals surface area contributed by atoms with Crippen LogP contribution in [0.5, 0.6) is 0 Å². The molecule has 0 aliphatic rings. The van der Waals surface area contributed by atoms with Gasteiger partial charge in [0.1, 0.15) is 9.88 Å². The monoisotopic (exact) mass is 333 g/mol. The number of hydrogen-bond acceptors (Lipinski definition) is 5. The van der Waals surface area contributed by atoms with Crippen molar-refractivity contribution in [3.8, 4) is 9.88 Å². The second-order valence-corrected chi connectivity index (χ2v) is 5.99. The fourth-order valence-electron chi connectivity index (χ4n) is 1.28. The van der Waals surface area contributed by atoms with Gasteiger partial charge in [-0.3, -0.25) is 0 Å². The molecule has 2 aromatic rings. The molecule has 0 amide bonds. The molecule has 2 aromatic heterocycles. The molecule has 0 unspecified atom stereocenters. The van der Waals surface area contributed by atoms with Gasteiger partial charge in [-0.2, -0.15) is 0 Å². The number of ether oxygens (including phenoxy) is 1. The van der Waals surface area contributed by atoms with E-state index in [1.54, 1.807) is 0 Å². The number of carboxylic acids is 1. The van der Waals surface area contributed by atoms with Crippen molar-refractivity contribution in [2.24, 2.45) is 0 Å². The standard InChI is InChI=1S/C10H8BrNO3S2/c1-15-3-6-8(10(13)14)17-9(12-6)7-2-5(11)4-16-7/h2,4H,3H2,1H3,(H,13,14). The molecular weight excluding hydrogens is 326 g/mol.